The van der Waals surface area contributed by atoms with E-state index in [0.29, 0.717) is 32.6 Å². The van der Waals surface area contributed by atoms with Crippen molar-refractivity contribution in [2.75, 3.05) is 32.7 Å². The molecule has 0 aromatic carbocycles. The number of carbonyl (C=O) groups excluding carboxylic acids is 1. The highest BCUT2D eigenvalue weighted by Crippen LogP contribution is 2.14. The second-order valence-corrected chi connectivity index (χ2v) is 6.43. The van der Waals surface area contributed by atoms with Gasteiger partial charge in [0.25, 0.3) is 0 Å². The Hall–Kier alpha value is -0.660. The number of carbonyl (C=O) groups is 1. The molecule has 1 unspecified atom stereocenters. The summed E-state index contributed by atoms with van der Waals surface area (Å²) >= 11 is 0. The van der Waals surface area contributed by atoms with Crippen LogP contribution < -0.4 is 5.73 Å². The Balaban J connectivity index is 2.67. The monoisotopic (exact) mass is 263 g/mol. The fourth-order valence-electron chi connectivity index (χ4n) is 1.97. The maximum Gasteiger partial charge on any atom is 0.219 e. The van der Waals surface area contributed by atoms with Crippen LogP contribution >= 0.6 is 0 Å². The van der Waals surface area contributed by atoms with Crippen molar-refractivity contribution in [3.63, 3.8) is 0 Å². The number of rotatable bonds is 4. The predicted octanol–water partition coefficient (Wildman–Crippen LogP) is -0.782. The van der Waals surface area contributed by atoms with Gasteiger partial charge < -0.3 is 10.6 Å². The SMILES string of the molecule is CCC(CN)S(=O)(=O)N1CCN(C(C)=O)CC1. The number of sulfonamides is 1. The molecule has 100 valence electrons. The fourth-order valence-corrected chi connectivity index (χ4v) is 3.73. The van der Waals surface area contributed by atoms with E-state index in [1.807, 2.05) is 6.92 Å². The van der Waals surface area contributed by atoms with E-state index in [2.05, 4.69) is 0 Å². The van der Waals surface area contributed by atoms with Crippen molar-refractivity contribution in [3.8, 4) is 0 Å². The molecule has 6 nitrogen and oxygen atoms in total. The molecule has 1 aliphatic heterocycles. The first-order valence-electron chi connectivity index (χ1n) is 5.88. The topological polar surface area (TPSA) is 83.7 Å². The van der Waals surface area contributed by atoms with Crippen molar-refractivity contribution >= 4 is 15.9 Å². The molecular formula is C10H21N3O3S. The number of amides is 1. The van der Waals surface area contributed by atoms with E-state index < -0.39 is 15.3 Å². The Morgan fingerprint density at radius 3 is 2.18 bits per heavy atom. The first-order valence-corrected chi connectivity index (χ1v) is 7.38. The second kappa shape index (κ2) is 5.79. The molecule has 0 aliphatic carbocycles. The quantitative estimate of drug-likeness (QED) is 0.721. The average Bonchev–Trinajstić information content (AvgIpc) is 2.30. The van der Waals surface area contributed by atoms with Crippen LogP contribution in [0.3, 0.4) is 0 Å². The molecule has 1 aliphatic rings. The molecule has 1 saturated heterocycles. The minimum atomic E-state index is -3.30. The Kier molecular flexibility index (Phi) is 4.91. The van der Waals surface area contributed by atoms with Crippen LogP contribution in [0.15, 0.2) is 0 Å². The lowest BCUT2D eigenvalue weighted by molar-refractivity contribution is -0.129. The molecule has 1 rings (SSSR count). The van der Waals surface area contributed by atoms with Gasteiger partial charge in [-0.15, -0.1) is 0 Å². The molecule has 0 saturated carbocycles. The van der Waals surface area contributed by atoms with Crippen molar-refractivity contribution in [3.05, 3.63) is 0 Å². The lowest BCUT2D eigenvalue weighted by Crippen LogP contribution is -2.53. The maximum atomic E-state index is 12.2. The molecule has 0 radical (unpaired) electrons. The van der Waals surface area contributed by atoms with E-state index in [9.17, 15) is 13.2 Å². The summed E-state index contributed by atoms with van der Waals surface area (Å²) in [5.41, 5.74) is 5.48. The normalized spacial score (nSPS) is 20.3. The van der Waals surface area contributed by atoms with Crippen molar-refractivity contribution in [1.82, 2.24) is 9.21 Å². The molecule has 0 bridgehead atoms. The second-order valence-electron chi connectivity index (χ2n) is 4.22. The molecule has 1 atom stereocenters. The van der Waals surface area contributed by atoms with Crippen molar-refractivity contribution in [2.24, 2.45) is 5.73 Å². The molecule has 7 heteroatoms. The number of hydrogen-bond acceptors (Lipinski definition) is 4. The van der Waals surface area contributed by atoms with Crippen LogP contribution in [0.5, 0.6) is 0 Å². The van der Waals surface area contributed by atoms with Gasteiger partial charge in [0.1, 0.15) is 0 Å². The summed E-state index contributed by atoms with van der Waals surface area (Å²) < 4.78 is 25.8. The number of piperazine rings is 1. The molecule has 0 aromatic heterocycles. The summed E-state index contributed by atoms with van der Waals surface area (Å²) in [4.78, 5) is 12.8. The van der Waals surface area contributed by atoms with Gasteiger partial charge in [-0.3, -0.25) is 4.79 Å². The number of nitrogens with zero attached hydrogens (tertiary/aromatic N) is 2. The van der Waals surface area contributed by atoms with Gasteiger partial charge in [0, 0.05) is 39.6 Å². The van der Waals surface area contributed by atoms with Gasteiger partial charge in [0.15, 0.2) is 0 Å². The van der Waals surface area contributed by atoms with E-state index in [-0.39, 0.29) is 12.5 Å². The van der Waals surface area contributed by atoms with Crippen LogP contribution in [0.1, 0.15) is 20.3 Å². The smallest absolute Gasteiger partial charge is 0.219 e. The third-order valence-corrected chi connectivity index (χ3v) is 5.64. The lowest BCUT2D eigenvalue weighted by atomic mass is 10.3. The molecule has 2 N–H and O–H groups in total. The Bertz CT molecular complexity index is 357. The van der Waals surface area contributed by atoms with Gasteiger partial charge in [0.05, 0.1) is 5.25 Å². The maximum absolute atomic E-state index is 12.2. The highest BCUT2D eigenvalue weighted by Gasteiger charge is 2.32. The molecule has 1 amide bonds. The Morgan fingerprint density at radius 2 is 1.82 bits per heavy atom. The van der Waals surface area contributed by atoms with E-state index in [0.717, 1.165) is 0 Å². The van der Waals surface area contributed by atoms with Crippen LogP contribution in [0.4, 0.5) is 0 Å². The van der Waals surface area contributed by atoms with Gasteiger partial charge in [-0.05, 0) is 6.42 Å². The minimum absolute atomic E-state index is 0.00656. The number of nitrogens with two attached hydrogens (primary N) is 1. The zero-order valence-corrected chi connectivity index (χ0v) is 11.2. The van der Waals surface area contributed by atoms with Gasteiger partial charge in [0.2, 0.25) is 15.9 Å². The van der Waals surface area contributed by atoms with E-state index >= 15 is 0 Å². The summed E-state index contributed by atoms with van der Waals surface area (Å²) in [6.45, 7) is 5.15. The fraction of sp³-hybridized carbons (Fsp3) is 0.900. The van der Waals surface area contributed by atoms with Gasteiger partial charge in [-0.1, -0.05) is 6.92 Å². The van der Waals surface area contributed by atoms with Crippen molar-refractivity contribution in [2.45, 2.75) is 25.5 Å². The summed E-state index contributed by atoms with van der Waals surface area (Å²) in [5.74, 6) is -0.00656. The first-order chi connectivity index (χ1) is 7.93. The highest BCUT2D eigenvalue weighted by atomic mass is 32.2. The van der Waals surface area contributed by atoms with Crippen LogP contribution in [-0.4, -0.2) is 61.5 Å². The first kappa shape index (κ1) is 14.4. The molecular weight excluding hydrogens is 242 g/mol. The van der Waals surface area contributed by atoms with Gasteiger partial charge in [-0.25, -0.2) is 8.42 Å². The molecule has 0 spiro atoms. The summed E-state index contributed by atoms with van der Waals surface area (Å²) in [5, 5.41) is -0.508. The largest absolute Gasteiger partial charge is 0.340 e. The van der Waals surface area contributed by atoms with E-state index in [1.54, 1.807) is 4.90 Å². The summed E-state index contributed by atoms with van der Waals surface area (Å²) in [7, 11) is -3.30. The summed E-state index contributed by atoms with van der Waals surface area (Å²) in [6.07, 6.45) is 0.520. The highest BCUT2D eigenvalue weighted by molar-refractivity contribution is 7.89. The van der Waals surface area contributed by atoms with Crippen LogP contribution in [0, 0.1) is 0 Å². The average molecular weight is 263 g/mol. The molecule has 17 heavy (non-hydrogen) atoms. The van der Waals surface area contributed by atoms with Gasteiger partial charge >= 0.3 is 0 Å². The zero-order valence-electron chi connectivity index (χ0n) is 10.4. The molecule has 0 aromatic rings. The minimum Gasteiger partial charge on any atom is -0.340 e. The lowest BCUT2D eigenvalue weighted by Gasteiger charge is -2.35. The van der Waals surface area contributed by atoms with Crippen molar-refractivity contribution < 1.29 is 13.2 Å². The van der Waals surface area contributed by atoms with Crippen LogP contribution in [-0.2, 0) is 14.8 Å². The standard InChI is InChI=1S/C10H21N3O3S/c1-3-10(8-11)17(15,16)13-6-4-12(5-7-13)9(2)14/h10H,3-8,11H2,1-2H3. The van der Waals surface area contributed by atoms with Crippen molar-refractivity contribution in [1.29, 1.82) is 0 Å². The Morgan fingerprint density at radius 1 is 1.29 bits per heavy atom. The summed E-state index contributed by atoms with van der Waals surface area (Å²) in [6, 6.07) is 0. The van der Waals surface area contributed by atoms with E-state index in [4.69, 9.17) is 5.73 Å². The molecule has 1 heterocycles. The van der Waals surface area contributed by atoms with Crippen LogP contribution in [0.25, 0.3) is 0 Å². The van der Waals surface area contributed by atoms with Gasteiger partial charge in [-0.2, -0.15) is 4.31 Å². The predicted molar refractivity (Wildman–Crippen MR) is 65.9 cm³/mol. The van der Waals surface area contributed by atoms with Crippen LogP contribution in [0.2, 0.25) is 0 Å². The third kappa shape index (κ3) is 3.17. The number of hydrogen-bond donors (Lipinski definition) is 1. The zero-order chi connectivity index (χ0) is 13.1. The third-order valence-electron chi connectivity index (χ3n) is 3.18. The Labute approximate surface area is 103 Å². The molecule has 1 fully saturated rings. The van der Waals surface area contributed by atoms with E-state index in [1.165, 1.54) is 11.2 Å².